The third-order valence-electron chi connectivity index (χ3n) is 5.09. The Morgan fingerprint density at radius 2 is 1.94 bits per heavy atom. The zero-order valence-electron chi connectivity index (χ0n) is 17.0. The number of halogens is 2. The Labute approximate surface area is 178 Å². The van der Waals surface area contributed by atoms with Gasteiger partial charge in [0.25, 0.3) is 5.91 Å². The normalized spacial score (nSPS) is 16.5. The number of aryl methyl sites for hydroxylation is 1. The molecule has 1 aromatic heterocycles. The number of piperazine rings is 1. The highest BCUT2D eigenvalue weighted by atomic mass is 19.1. The minimum absolute atomic E-state index is 0.0518. The predicted molar refractivity (Wildman–Crippen MR) is 110 cm³/mol. The van der Waals surface area contributed by atoms with Crippen LogP contribution in [-0.4, -0.2) is 40.2 Å². The first-order chi connectivity index (χ1) is 14.7. The maximum Gasteiger partial charge on any atom is 0.251 e. The van der Waals surface area contributed by atoms with Gasteiger partial charge in [-0.05, 0) is 49.1 Å². The summed E-state index contributed by atoms with van der Waals surface area (Å²) in [6.07, 6.45) is 1.55. The van der Waals surface area contributed by atoms with Crippen molar-refractivity contribution in [3.05, 3.63) is 71.4 Å². The second-order valence-electron chi connectivity index (χ2n) is 7.41. The predicted octanol–water partition coefficient (Wildman–Crippen LogP) is 2.23. The van der Waals surface area contributed by atoms with E-state index in [1.807, 2.05) is 0 Å². The maximum atomic E-state index is 14.5. The first-order valence-corrected chi connectivity index (χ1v) is 9.62. The van der Waals surface area contributed by atoms with Crippen LogP contribution in [0.15, 0.2) is 48.7 Å². The van der Waals surface area contributed by atoms with E-state index in [4.69, 9.17) is 5.73 Å². The molecular weight excluding hydrogens is 406 g/mol. The third kappa shape index (κ3) is 4.93. The summed E-state index contributed by atoms with van der Waals surface area (Å²) >= 11 is 0. The van der Waals surface area contributed by atoms with Crippen LogP contribution in [0.3, 0.4) is 0 Å². The molecule has 1 fully saturated rings. The molecule has 1 atom stereocenters. The van der Waals surface area contributed by atoms with E-state index in [0.717, 1.165) is 4.90 Å². The molecule has 1 unspecified atom stereocenters. The average Bonchev–Trinajstić information content (AvgIpc) is 2.71. The van der Waals surface area contributed by atoms with Gasteiger partial charge in [-0.15, -0.1) is 0 Å². The number of nitrogens with two attached hydrogens (primary N) is 1. The highest BCUT2D eigenvalue weighted by Gasteiger charge is 2.41. The lowest BCUT2D eigenvalue weighted by atomic mass is 10.00. The summed E-state index contributed by atoms with van der Waals surface area (Å²) in [6, 6.07) is 5.78. The molecule has 0 bridgehead atoms. The van der Waals surface area contributed by atoms with Gasteiger partial charge in [-0.1, -0.05) is 18.7 Å². The van der Waals surface area contributed by atoms with Crippen LogP contribution in [0.4, 0.5) is 14.6 Å². The van der Waals surface area contributed by atoms with Gasteiger partial charge in [0, 0.05) is 18.3 Å². The molecule has 1 saturated heterocycles. The number of benzene rings is 1. The maximum absolute atomic E-state index is 14.5. The molecule has 0 radical (unpaired) electrons. The van der Waals surface area contributed by atoms with Gasteiger partial charge in [-0.2, -0.15) is 0 Å². The van der Waals surface area contributed by atoms with Crippen molar-refractivity contribution in [3.8, 4) is 0 Å². The topological polar surface area (TPSA) is 96.6 Å². The number of anilines is 1. The van der Waals surface area contributed by atoms with Crippen molar-refractivity contribution in [2.24, 2.45) is 5.73 Å². The van der Waals surface area contributed by atoms with E-state index in [0.29, 0.717) is 11.1 Å². The number of carbonyl (C=O) groups excluding carboxylic acids is 3. The number of aromatic nitrogens is 1. The second kappa shape index (κ2) is 9.03. The molecule has 162 valence electrons. The van der Waals surface area contributed by atoms with Gasteiger partial charge in [-0.3, -0.25) is 19.3 Å². The number of nitrogens with zero attached hydrogens (tertiary/aromatic N) is 3. The molecule has 3 amide bonds. The van der Waals surface area contributed by atoms with Gasteiger partial charge >= 0.3 is 0 Å². The largest absolute Gasteiger partial charge is 0.366 e. The van der Waals surface area contributed by atoms with Crippen molar-refractivity contribution >= 4 is 23.5 Å². The number of rotatable bonds is 7. The molecule has 2 N–H and O–H groups in total. The van der Waals surface area contributed by atoms with Crippen LogP contribution >= 0.6 is 0 Å². The number of amides is 3. The molecule has 0 aliphatic carbocycles. The van der Waals surface area contributed by atoms with E-state index in [1.165, 1.54) is 41.4 Å². The van der Waals surface area contributed by atoms with Crippen molar-refractivity contribution in [2.75, 3.05) is 11.4 Å². The minimum atomic E-state index is -0.995. The Hall–Kier alpha value is -3.62. The molecule has 3 rings (SSSR count). The highest BCUT2D eigenvalue weighted by Crippen LogP contribution is 2.26. The molecular formula is C22H22F2N4O3. The van der Waals surface area contributed by atoms with Crippen LogP contribution in [-0.2, 0) is 20.9 Å². The average molecular weight is 428 g/mol. The molecule has 1 aromatic carbocycles. The Morgan fingerprint density at radius 3 is 2.55 bits per heavy atom. The van der Waals surface area contributed by atoms with Crippen LogP contribution < -0.4 is 10.6 Å². The fourth-order valence-electron chi connectivity index (χ4n) is 3.39. The molecule has 7 nitrogen and oxygen atoms in total. The van der Waals surface area contributed by atoms with Gasteiger partial charge in [0.15, 0.2) is 11.6 Å². The molecule has 1 aliphatic rings. The van der Waals surface area contributed by atoms with Crippen LogP contribution in [0.1, 0.15) is 24.0 Å². The summed E-state index contributed by atoms with van der Waals surface area (Å²) < 4.78 is 27.7. The molecule has 2 heterocycles. The van der Waals surface area contributed by atoms with Gasteiger partial charge < -0.3 is 10.6 Å². The molecule has 9 heteroatoms. The number of hydrogen-bond acceptors (Lipinski definition) is 4. The van der Waals surface area contributed by atoms with E-state index in [-0.39, 0.29) is 37.3 Å². The number of pyridine rings is 1. The lowest BCUT2D eigenvalue weighted by Crippen LogP contribution is -2.60. The molecule has 0 saturated carbocycles. The number of primary amides is 1. The van der Waals surface area contributed by atoms with Crippen LogP contribution in [0, 0.1) is 18.6 Å². The van der Waals surface area contributed by atoms with Crippen LogP contribution in [0.25, 0.3) is 0 Å². The fourth-order valence-corrected chi connectivity index (χ4v) is 3.39. The van der Waals surface area contributed by atoms with Crippen molar-refractivity contribution in [1.29, 1.82) is 0 Å². The lowest BCUT2D eigenvalue weighted by molar-refractivity contribution is -0.144. The standard InChI is InChI=1S/C22H22F2N4O3/c1-13-9-17(24)21(26-10-13)28-12-19(29)27(11-15-4-6-16(23)7-5-15)18(22(28)31)8-3-14(2)20(25)30/h4-7,9-10,18H,2-3,8,11-12H2,1H3,(H2,25,30). The summed E-state index contributed by atoms with van der Waals surface area (Å²) in [7, 11) is 0. The number of carbonyl (C=O) groups is 3. The van der Waals surface area contributed by atoms with E-state index in [9.17, 15) is 23.2 Å². The van der Waals surface area contributed by atoms with Crippen molar-refractivity contribution in [3.63, 3.8) is 0 Å². The summed E-state index contributed by atoms with van der Waals surface area (Å²) in [5.41, 5.74) is 6.53. The van der Waals surface area contributed by atoms with Gasteiger partial charge in [-0.25, -0.2) is 13.8 Å². The zero-order chi connectivity index (χ0) is 22.7. The number of hydrogen-bond donors (Lipinski definition) is 1. The monoisotopic (exact) mass is 428 g/mol. The molecule has 0 spiro atoms. The highest BCUT2D eigenvalue weighted by molar-refractivity contribution is 6.06. The summed E-state index contributed by atoms with van der Waals surface area (Å²) in [5.74, 6) is -3.04. The van der Waals surface area contributed by atoms with Crippen LogP contribution in [0.2, 0.25) is 0 Å². The van der Waals surface area contributed by atoms with Gasteiger partial charge in [0.2, 0.25) is 11.8 Å². The van der Waals surface area contributed by atoms with E-state index in [1.54, 1.807) is 6.92 Å². The smallest absolute Gasteiger partial charge is 0.251 e. The lowest BCUT2D eigenvalue weighted by Gasteiger charge is -2.40. The minimum Gasteiger partial charge on any atom is -0.366 e. The SMILES string of the molecule is C=C(CCC1C(=O)N(c2ncc(C)cc2F)CC(=O)N1Cc1ccc(F)cc1)C(N)=O. The van der Waals surface area contributed by atoms with Crippen molar-refractivity contribution in [1.82, 2.24) is 9.88 Å². The van der Waals surface area contributed by atoms with E-state index in [2.05, 4.69) is 11.6 Å². The summed E-state index contributed by atoms with van der Waals surface area (Å²) in [5, 5.41) is 0. The van der Waals surface area contributed by atoms with E-state index < -0.39 is 35.4 Å². The second-order valence-corrected chi connectivity index (χ2v) is 7.41. The fraction of sp³-hybridized carbons (Fsp3) is 0.273. The Morgan fingerprint density at radius 1 is 1.26 bits per heavy atom. The Balaban J connectivity index is 1.91. The third-order valence-corrected chi connectivity index (χ3v) is 5.09. The van der Waals surface area contributed by atoms with E-state index >= 15 is 0 Å². The van der Waals surface area contributed by atoms with Crippen LogP contribution in [0.5, 0.6) is 0 Å². The van der Waals surface area contributed by atoms with Crippen molar-refractivity contribution < 1.29 is 23.2 Å². The van der Waals surface area contributed by atoms with Gasteiger partial charge in [0.1, 0.15) is 18.4 Å². The Bertz CT molecular complexity index is 1040. The summed E-state index contributed by atoms with van der Waals surface area (Å²) in [4.78, 5) is 43.9. The molecule has 31 heavy (non-hydrogen) atoms. The quantitative estimate of drug-likeness (QED) is 0.684. The summed E-state index contributed by atoms with van der Waals surface area (Å²) in [6.45, 7) is 4.91. The van der Waals surface area contributed by atoms with Crippen molar-refractivity contribution in [2.45, 2.75) is 32.4 Å². The molecule has 2 aromatic rings. The Kier molecular flexibility index (Phi) is 6.43. The molecule has 1 aliphatic heterocycles. The first kappa shape index (κ1) is 22.1. The first-order valence-electron chi connectivity index (χ1n) is 9.62. The zero-order valence-corrected chi connectivity index (χ0v) is 17.0. The van der Waals surface area contributed by atoms with Gasteiger partial charge in [0.05, 0.1) is 0 Å².